The number of aromatic hydroxyl groups is 1. The Labute approximate surface area is 109 Å². The monoisotopic (exact) mass is 249 g/mol. The van der Waals surface area contributed by atoms with Gasteiger partial charge in [0.25, 0.3) is 0 Å². The lowest BCUT2D eigenvalue weighted by Crippen LogP contribution is -2.37. The van der Waals surface area contributed by atoms with Gasteiger partial charge in [0.1, 0.15) is 5.75 Å². The van der Waals surface area contributed by atoms with Crippen molar-refractivity contribution >= 4 is 0 Å². The molecule has 100 valence electrons. The van der Waals surface area contributed by atoms with Gasteiger partial charge in [0.05, 0.1) is 5.69 Å². The van der Waals surface area contributed by atoms with Gasteiger partial charge in [-0.15, -0.1) is 0 Å². The predicted octanol–water partition coefficient (Wildman–Crippen LogP) is 1.67. The number of nitrogens with zero attached hydrogens (tertiary/aromatic N) is 2. The van der Waals surface area contributed by atoms with Crippen LogP contribution in [0.5, 0.6) is 5.75 Å². The van der Waals surface area contributed by atoms with Gasteiger partial charge in [-0.25, -0.2) is 0 Å². The van der Waals surface area contributed by atoms with Gasteiger partial charge in [0.2, 0.25) is 0 Å². The fraction of sp³-hybridized carbons (Fsp3) is 0.643. The van der Waals surface area contributed by atoms with Crippen molar-refractivity contribution in [1.29, 1.82) is 0 Å². The zero-order chi connectivity index (χ0) is 13.0. The number of likely N-dealkylation sites (tertiary alicyclic amines) is 1. The minimum Gasteiger partial charge on any atom is -0.506 e. The Morgan fingerprint density at radius 2 is 2.11 bits per heavy atom. The van der Waals surface area contributed by atoms with E-state index in [1.54, 1.807) is 6.07 Å². The zero-order valence-electron chi connectivity index (χ0n) is 11.3. The number of nitrogens with one attached hydrogen (secondary N) is 1. The van der Waals surface area contributed by atoms with Crippen molar-refractivity contribution < 1.29 is 5.11 Å². The van der Waals surface area contributed by atoms with E-state index < -0.39 is 0 Å². The van der Waals surface area contributed by atoms with Crippen LogP contribution in [0.15, 0.2) is 12.1 Å². The van der Waals surface area contributed by atoms with Crippen LogP contribution in [0.25, 0.3) is 0 Å². The molecule has 0 spiro atoms. The summed E-state index contributed by atoms with van der Waals surface area (Å²) in [6.07, 6.45) is 2.65. The highest BCUT2D eigenvalue weighted by atomic mass is 16.3. The smallest absolute Gasteiger partial charge is 0.138 e. The lowest BCUT2D eigenvalue weighted by Gasteiger charge is -2.21. The van der Waals surface area contributed by atoms with E-state index in [1.165, 1.54) is 25.9 Å². The van der Waals surface area contributed by atoms with Gasteiger partial charge in [0, 0.05) is 24.8 Å². The molecule has 1 saturated heterocycles. The molecule has 1 fully saturated rings. The summed E-state index contributed by atoms with van der Waals surface area (Å²) in [5.41, 5.74) is 1.68. The normalized spacial score (nSPS) is 18.1. The maximum atomic E-state index is 9.72. The summed E-state index contributed by atoms with van der Waals surface area (Å²) in [6, 6.07) is 3.96. The average Bonchev–Trinajstić information content (AvgIpc) is 2.83. The van der Waals surface area contributed by atoms with E-state index in [1.807, 2.05) is 13.0 Å². The first kappa shape index (κ1) is 13.3. The van der Waals surface area contributed by atoms with Crippen LogP contribution in [-0.2, 0) is 6.54 Å². The number of aromatic nitrogens is 1. The summed E-state index contributed by atoms with van der Waals surface area (Å²) in [5, 5.41) is 13.1. The minimum atomic E-state index is 0.279. The van der Waals surface area contributed by atoms with Gasteiger partial charge < -0.3 is 15.3 Å². The van der Waals surface area contributed by atoms with Crippen molar-refractivity contribution in [2.75, 3.05) is 19.6 Å². The zero-order valence-corrected chi connectivity index (χ0v) is 11.3. The molecule has 1 aromatic rings. The summed E-state index contributed by atoms with van der Waals surface area (Å²) < 4.78 is 0. The van der Waals surface area contributed by atoms with Crippen molar-refractivity contribution in [2.45, 2.75) is 39.3 Å². The third-order valence-corrected chi connectivity index (χ3v) is 3.44. The Morgan fingerprint density at radius 3 is 2.83 bits per heavy atom. The third kappa shape index (κ3) is 3.68. The molecule has 0 aromatic carbocycles. The van der Waals surface area contributed by atoms with Crippen LogP contribution >= 0.6 is 0 Å². The first-order chi connectivity index (χ1) is 8.65. The van der Waals surface area contributed by atoms with E-state index in [2.05, 4.69) is 22.1 Å². The van der Waals surface area contributed by atoms with Gasteiger partial charge in [0.15, 0.2) is 0 Å². The first-order valence-corrected chi connectivity index (χ1v) is 6.76. The molecule has 1 atom stereocenters. The molecule has 0 radical (unpaired) electrons. The van der Waals surface area contributed by atoms with Crippen LogP contribution in [0, 0.1) is 6.92 Å². The maximum Gasteiger partial charge on any atom is 0.138 e. The van der Waals surface area contributed by atoms with E-state index in [0.717, 1.165) is 17.9 Å². The molecule has 2 N–H and O–H groups in total. The molecule has 0 aliphatic carbocycles. The summed E-state index contributed by atoms with van der Waals surface area (Å²) in [6.45, 7) is 8.27. The van der Waals surface area contributed by atoms with E-state index in [0.29, 0.717) is 12.6 Å². The summed E-state index contributed by atoms with van der Waals surface area (Å²) >= 11 is 0. The SMILES string of the molecule is Cc1ccc(O)c(CNC(C)CN2CCCC2)n1. The number of hydrogen-bond donors (Lipinski definition) is 2. The largest absolute Gasteiger partial charge is 0.506 e. The molecule has 2 rings (SSSR count). The van der Waals surface area contributed by atoms with Crippen molar-refractivity contribution in [3.8, 4) is 5.75 Å². The highest BCUT2D eigenvalue weighted by Gasteiger charge is 2.14. The van der Waals surface area contributed by atoms with Crippen molar-refractivity contribution in [3.63, 3.8) is 0 Å². The van der Waals surface area contributed by atoms with Crippen LogP contribution in [0.1, 0.15) is 31.2 Å². The second-order valence-corrected chi connectivity index (χ2v) is 5.21. The number of pyridine rings is 1. The fourth-order valence-corrected chi connectivity index (χ4v) is 2.42. The molecule has 1 unspecified atom stereocenters. The highest BCUT2D eigenvalue weighted by Crippen LogP contribution is 2.14. The van der Waals surface area contributed by atoms with E-state index in [-0.39, 0.29) is 5.75 Å². The van der Waals surface area contributed by atoms with Crippen LogP contribution in [-0.4, -0.2) is 40.7 Å². The number of aryl methyl sites for hydroxylation is 1. The summed E-state index contributed by atoms with van der Waals surface area (Å²) in [7, 11) is 0. The Balaban J connectivity index is 1.81. The molecule has 1 aromatic heterocycles. The second-order valence-electron chi connectivity index (χ2n) is 5.21. The molecule has 1 aliphatic heterocycles. The Hall–Kier alpha value is -1.13. The second kappa shape index (κ2) is 6.16. The van der Waals surface area contributed by atoms with Crippen LogP contribution in [0.3, 0.4) is 0 Å². The first-order valence-electron chi connectivity index (χ1n) is 6.76. The molecular formula is C14H23N3O. The molecule has 0 amide bonds. The quantitative estimate of drug-likeness (QED) is 0.833. The Kier molecular flexibility index (Phi) is 4.55. The van der Waals surface area contributed by atoms with E-state index >= 15 is 0 Å². The van der Waals surface area contributed by atoms with Gasteiger partial charge in [-0.3, -0.25) is 4.98 Å². The third-order valence-electron chi connectivity index (χ3n) is 3.44. The molecule has 1 aliphatic rings. The lowest BCUT2D eigenvalue weighted by atomic mass is 10.2. The average molecular weight is 249 g/mol. The van der Waals surface area contributed by atoms with Gasteiger partial charge in [-0.2, -0.15) is 0 Å². The molecule has 2 heterocycles. The van der Waals surface area contributed by atoms with Crippen LogP contribution in [0.2, 0.25) is 0 Å². The van der Waals surface area contributed by atoms with E-state index in [4.69, 9.17) is 0 Å². The Bertz CT molecular complexity index is 389. The van der Waals surface area contributed by atoms with Gasteiger partial charge in [-0.1, -0.05) is 0 Å². The van der Waals surface area contributed by atoms with E-state index in [9.17, 15) is 5.11 Å². The van der Waals surface area contributed by atoms with Crippen molar-refractivity contribution in [1.82, 2.24) is 15.2 Å². The van der Waals surface area contributed by atoms with Gasteiger partial charge >= 0.3 is 0 Å². The fourth-order valence-electron chi connectivity index (χ4n) is 2.42. The van der Waals surface area contributed by atoms with Crippen LogP contribution in [0.4, 0.5) is 0 Å². The molecule has 0 saturated carbocycles. The molecule has 4 nitrogen and oxygen atoms in total. The van der Waals surface area contributed by atoms with Crippen LogP contribution < -0.4 is 5.32 Å². The minimum absolute atomic E-state index is 0.279. The van der Waals surface area contributed by atoms with Crippen molar-refractivity contribution in [2.24, 2.45) is 0 Å². The number of hydrogen-bond acceptors (Lipinski definition) is 4. The predicted molar refractivity (Wildman–Crippen MR) is 72.6 cm³/mol. The Morgan fingerprint density at radius 1 is 1.39 bits per heavy atom. The number of rotatable bonds is 5. The topological polar surface area (TPSA) is 48.4 Å². The maximum absolute atomic E-state index is 9.72. The molecule has 0 bridgehead atoms. The summed E-state index contributed by atoms with van der Waals surface area (Å²) in [4.78, 5) is 6.84. The molecular weight excluding hydrogens is 226 g/mol. The molecule has 18 heavy (non-hydrogen) atoms. The standard InChI is InChI=1S/C14H23N3O/c1-11-5-6-14(18)13(16-11)9-15-12(2)10-17-7-3-4-8-17/h5-6,12,15,18H,3-4,7-10H2,1-2H3. The summed E-state index contributed by atoms with van der Waals surface area (Å²) in [5.74, 6) is 0.279. The van der Waals surface area contributed by atoms with Gasteiger partial charge in [-0.05, 0) is 51.9 Å². The molecule has 4 heteroatoms. The lowest BCUT2D eigenvalue weighted by molar-refractivity contribution is 0.297. The highest BCUT2D eigenvalue weighted by molar-refractivity contribution is 5.27. The van der Waals surface area contributed by atoms with Crippen molar-refractivity contribution in [3.05, 3.63) is 23.5 Å².